The van der Waals surface area contributed by atoms with Crippen molar-refractivity contribution in [3.63, 3.8) is 0 Å². The maximum absolute atomic E-state index is 12.8. The molecule has 1 heterocycles. The Morgan fingerprint density at radius 2 is 1.83 bits per heavy atom. The fourth-order valence-corrected chi connectivity index (χ4v) is 2.58. The number of anilines is 1. The van der Waals surface area contributed by atoms with Gasteiger partial charge in [0.2, 0.25) is 0 Å². The van der Waals surface area contributed by atoms with Crippen LogP contribution in [0.3, 0.4) is 0 Å². The predicted octanol–water partition coefficient (Wildman–Crippen LogP) is 3.63. The molecule has 7 nitrogen and oxygen atoms in total. The van der Waals surface area contributed by atoms with Crippen LogP contribution in [0.5, 0.6) is 11.5 Å². The van der Waals surface area contributed by atoms with Gasteiger partial charge < -0.3 is 25.0 Å². The number of aromatic nitrogens is 1. The molecule has 0 aliphatic rings. The summed E-state index contributed by atoms with van der Waals surface area (Å²) in [5.41, 5.74) is 1.38. The number of hydrogen-bond acceptors (Lipinski definition) is 5. The summed E-state index contributed by atoms with van der Waals surface area (Å²) in [4.78, 5) is 10.6. The van der Waals surface area contributed by atoms with Crippen molar-refractivity contribution < 1.29 is 18.3 Å². The molecule has 2 aromatic rings. The molecule has 166 valence electrons. The van der Waals surface area contributed by atoms with E-state index >= 15 is 0 Å². The first-order valence-corrected chi connectivity index (χ1v) is 9.21. The number of halogens is 3. The van der Waals surface area contributed by atoms with E-state index in [0.717, 1.165) is 11.5 Å². The molecule has 0 amide bonds. The van der Waals surface area contributed by atoms with E-state index in [0.29, 0.717) is 24.7 Å². The molecule has 0 atom stereocenters. The molecule has 1 aromatic carbocycles. The standard InChI is InChI=1S/C20H27F2N5O2.HI/c1-5-28-16-10-6-8-14(18(16)29-19(21)22)12-24-20(23-2)25-13-15-9-7-11-17(26-15)27(3)4;/h6-11,19H,5,12-13H2,1-4H3,(H2,23,24,25);1H. The van der Waals surface area contributed by atoms with Gasteiger partial charge in [0, 0.05) is 33.3 Å². The highest BCUT2D eigenvalue weighted by Crippen LogP contribution is 2.32. The minimum atomic E-state index is -2.94. The van der Waals surface area contributed by atoms with Gasteiger partial charge in [-0.05, 0) is 25.1 Å². The van der Waals surface area contributed by atoms with E-state index < -0.39 is 6.61 Å². The summed E-state index contributed by atoms with van der Waals surface area (Å²) in [6, 6.07) is 10.8. The van der Waals surface area contributed by atoms with E-state index in [9.17, 15) is 8.78 Å². The Kier molecular flexibility index (Phi) is 11.2. The van der Waals surface area contributed by atoms with Crippen LogP contribution in [0.1, 0.15) is 18.2 Å². The predicted molar refractivity (Wildman–Crippen MR) is 125 cm³/mol. The van der Waals surface area contributed by atoms with E-state index in [4.69, 9.17) is 4.74 Å². The average Bonchev–Trinajstić information content (AvgIpc) is 2.70. The molecule has 10 heteroatoms. The van der Waals surface area contributed by atoms with Gasteiger partial charge in [-0.3, -0.25) is 4.99 Å². The summed E-state index contributed by atoms with van der Waals surface area (Å²) in [7, 11) is 5.48. The van der Waals surface area contributed by atoms with Gasteiger partial charge in [-0.25, -0.2) is 4.98 Å². The lowest BCUT2D eigenvalue weighted by Crippen LogP contribution is -2.36. The number of hydrogen-bond donors (Lipinski definition) is 2. The van der Waals surface area contributed by atoms with E-state index in [2.05, 4.69) is 25.3 Å². The van der Waals surface area contributed by atoms with Crippen molar-refractivity contribution in [1.29, 1.82) is 0 Å². The summed E-state index contributed by atoms with van der Waals surface area (Å²) in [5.74, 6) is 1.66. The molecule has 0 radical (unpaired) electrons. The highest BCUT2D eigenvalue weighted by Gasteiger charge is 2.16. The summed E-state index contributed by atoms with van der Waals surface area (Å²) >= 11 is 0. The van der Waals surface area contributed by atoms with Crippen molar-refractivity contribution >= 4 is 35.8 Å². The third kappa shape index (κ3) is 7.81. The van der Waals surface area contributed by atoms with Crippen LogP contribution < -0.4 is 25.0 Å². The normalized spacial score (nSPS) is 11.0. The zero-order valence-electron chi connectivity index (χ0n) is 17.5. The molecule has 2 rings (SSSR count). The van der Waals surface area contributed by atoms with Crippen molar-refractivity contribution in [2.24, 2.45) is 4.99 Å². The molecule has 0 unspecified atom stereocenters. The highest BCUT2D eigenvalue weighted by atomic mass is 127. The molecule has 0 fully saturated rings. The molecular formula is C20H28F2IN5O2. The topological polar surface area (TPSA) is 71.0 Å². The van der Waals surface area contributed by atoms with Crippen LogP contribution in [0.4, 0.5) is 14.6 Å². The van der Waals surface area contributed by atoms with E-state index in [1.54, 1.807) is 32.2 Å². The minimum Gasteiger partial charge on any atom is -0.490 e. The SMILES string of the molecule is CCOc1cccc(CNC(=NC)NCc2cccc(N(C)C)n2)c1OC(F)F.I. The summed E-state index contributed by atoms with van der Waals surface area (Å²) in [6.07, 6.45) is 0. The summed E-state index contributed by atoms with van der Waals surface area (Å²) in [6.45, 7) is -0.127. The number of rotatable bonds is 9. The van der Waals surface area contributed by atoms with Gasteiger partial charge in [0.25, 0.3) is 0 Å². The van der Waals surface area contributed by atoms with Gasteiger partial charge >= 0.3 is 6.61 Å². The lowest BCUT2D eigenvalue weighted by Gasteiger charge is -2.17. The third-order valence-electron chi connectivity index (χ3n) is 3.92. The Morgan fingerprint density at radius 1 is 1.13 bits per heavy atom. The highest BCUT2D eigenvalue weighted by molar-refractivity contribution is 14.0. The van der Waals surface area contributed by atoms with Crippen LogP contribution in [0.25, 0.3) is 0 Å². The molecule has 1 aromatic heterocycles. The largest absolute Gasteiger partial charge is 0.490 e. The summed E-state index contributed by atoms with van der Waals surface area (Å²) in [5, 5.41) is 6.26. The van der Waals surface area contributed by atoms with E-state index in [1.165, 1.54) is 0 Å². The Balaban J connectivity index is 0.00000450. The molecule has 0 saturated heterocycles. The number of para-hydroxylation sites is 1. The summed E-state index contributed by atoms with van der Waals surface area (Å²) < 4.78 is 35.8. The first-order chi connectivity index (χ1) is 13.9. The van der Waals surface area contributed by atoms with E-state index in [-0.39, 0.29) is 42.0 Å². The van der Waals surface area contributed by atoms with Crippen molar-refractivity contribution in [2.75, 3.05) is 32.6 Å². The smallest absolute Gasteiger partial charge is 0.387 e. The molecule has 0 aliphatic heterocycles. The number of benzene rings is 1. The molecule has 0 aliphatic carbocycles. The maximum atomic E-state index is 12.8. The molecule has 30 heavy (non-hydrogen) atoms. The number of nitrogens with zero attached hydrogens (tertiary/aromatic N) is 3. The zero-order chi connectivity index (χ0) is 21.2. The molecule has 0 spiro atoms. The van der Waals surface area contributed by atoms with Gasteiger partial charge in [0.1, 0.15) is 5.82 Å². The third-order valence-corrected chi connectivity index (χ3v) is 3.92. The molecule has 2 N–H and O–H groups in total. The van der Waals surface area contributed by atoms with Gasteiger partial charge in [0.05, 0.1) is 18.8 Å². The second-order valence-corrected chi connectivity index (χ2v) is 6.22. The zero-order valence-corrected chi connectivity index (χ0v) is 19.8. The van der Waals surface area contributed by atoms with Crippen LogP contribution >= 0.6 is 24.0 Å². The number of guanidine groups is 1. The number of alkyl halides is 2. The Bertz CT molecular complexity index is 822. The van der Waals surface area contributed by atoms with E-state index in [1.807, 2.05) is 37.2 Å². The lowest BCUT2D eigenvalue weighted by molar-refractivity contribution is -0.0520. The number of ether oxygens (including phenoxy) is 2. The van der Waals surface area contributed by atoms with Crippen LogP contribution in [0.2, 0.25) is 0 Å². The van der Waals surface area contributed by atoms with Crippen molar-refractivity contribution in [3.8, 4) is 11.5 Å². The van der Waals surface area contributed by atoms with Crippen LogP contribution in [-0.4, -0.2) is 45.3 Å². The van der Waals surface area contributed by atoms with Crippen molar-refractivity contribution in [2.45, 2.75) is 26.6 Å². The first-order valence-electron chi connectivity index (χ1n) is 9.21. The molecule has 0 saturated carbocycles. The Hall–Kier alpha value is -2.37. The molecular weight excluding hydrogens is 507 g/mol. The minimum absolute atomic E-state index is 0. The second kappa shape index (κ2) is 13.0. The first kappa shape index (κ1) is 25.7. The van der Waals surface area contributed by atoms with Crippen molar-refractivity contribution in [1.82, 2.24) is 15.6 Å². The monoisotopic (exact) mass is 535 g/mol. The second-order valence-electron chi connectivity index (χ2n) is 6.22. The number of nitrogens with one attached hydrogen (secondary N) is 2. The Morgan fingerprint density at radius 3 is 2.47 bits per heavy atom. The number of pyridine rings is 1. The van der Waals surface area contributed by atoms with Gasteiger partial charge in [0.15, 0.2) is 17.5 Å². The fraction of sp³-hybridized carbons (Fsp3) is 0.400. The lowest BCUT2D eigenvalue weighted by atomic mass is 10.2. The molecule has 0 bridgehead atoms. The van der Waals surface area contributed by atoms with Gasteiger partial charge in [-0.2, -0.15) is 8.78 Å². The van der Waals surface area contributed by atoms with Crippen LogP contribution in [0.15, 0.2) is 41.4 Å². The Labute approximate surface area is 192 Å². The fourth-order valence-electron chi connectivity index (χ4n) is 2.58. The number of aliphatic imine (C=N–C) groups is 1. The average molecular weight is 535 g/mol. The quantitative estimate of drug-likeness (QED) is 0.291. The van der Waals surface area contributed by atoms with Gasteiger partial charge in [-0.1, -0.05) is 18.2 Å². The van der Waals surface area contributed by atoms with Gasteiger partial charge in [-0.15, -0.1) is 24.0 Å². The maximum Gasteiger partial charge on any atom is 0.387 e. The van der Waals surface area contributed by atoms with Crippen LogP contribution in [0, 0.1) is 0 Å². The van der Waals surface area contributed by atoms with Crippen LogP contribution in [-0.2, 0) is 13.1 Å². The van der Waals surface area contributed by atoms with Crippen molar-refractivity contribution in [3.05, 3.63) is 47.7 Å².